The molecule has 0 fully saturated rings. The van der Waals surface area contributed by atoms with E-state index >= 15 is 0 Å². The molecule has 0 spiro atoms. The fourth-order valence-electron chi connectivity index (χ4n) is 1.69. The standard InChI is InChI=1S/C15H15FN2O/c1-11-6-2-4-8-13(11)18-15(19)10-17-14-9-5-3-7-12(14)16/h2-9,17H,10H2,1H3,(H,18,19). The minimum atomic E-state index is -0.369. The molecule has 2 rings (SSSR count). The summed E-state index contributed by atoms with van der Waals surface area (Å²) in [6.07, 6.45) is 0. The molecule has 0 saturated heterocycles. The number of carbonyl (C=O) groups is 1. The van der Waals surface area contributed by atoms with Crippen molar-refractivity contribution in [2.75, 3.05) is 17.2 Å². The first-order valence-electron chi connectivity index (χ1n) is 6.00. The normalized spacial score (nSPS) is 10.0. The van der Waals surface area contributed by atoms with E-state index in [1.165, 1.54) is 6.07 Å². The summed E-state index contributed by atoms with van der Waals surface area (Å²) in [5, 5.41) is 5.54. The zero-order valence-electron chi connectivity index (χ0n) is 10.6. The summed E-state index contributed by atoms with van der Waals surface area (Å²) in [6, 6.07) is 13.8. The van der Waals surface area contributed by atoms with Gasteiger partial charge in [-0.25, -0.2) is 4.39 Å². The number of rotatable bonds is 4. The van der Waals surface area contributed by atoms with E-state index in [4.69, 9.17) is 0 Å². The monoisotopic (exact) mass is 258 g/mol. The number of amides is 1. The maximum absolute atomic E-state index is 13.3. The van der Waals surface area contributed by atoms with Gasteiger partial charge >= 0.3 is 0 Å². The molecule has 98 valence electrons. The Morgan fingerprint density at radius 3 is 2.37 bits per heavy atom. The van der Waals surface area contributed by atoms with E-state index in [0.717, 1.165) is 11.3 Å². The van der Waals surface area contributed by atoms with Gasteiger partial charge in [-0.05, 0) is 30.7 Å². The van der Waals surface area contributed by atoms with Gasteiger partial charge < -0.3 is 10.6 Å². The van der Waals surface area contributed by atoms with Gasteiger partial charge in [0.2, 0.25) is 5.91 Å². The highest BCUT2D eigenvalue weighted by Crippen LogP contribution is 2.14. The van der Waals surface area contributed by atoms with Crippen molar-refractivity contribution in [1.29, 1.82) is 0 Å². The Morgan fingerprint density at radius 1 is 1.05 bits per heavy atom. The van der Waals surface area contributed by atoms with E-state index in [1.807, 2.05) is 31.2 Å². The van der Waals surface area contributed by atoms with Gasteiger partial charge in [0, 0.05) is 5.69 Å². The first-order valence-corrected chi connectivity index (χ1v) is 6.00. The predicted molar refractivity (Wildman–Crippen MR) is 74.7 cm³/mol. The highest BCUT2D eigenvalue weighted by Gasteiger charge is 2.05. The maximum atomic E-state index is 13.3. The van der Waals surface area contributed by atoms with Gasteiger partial charge in [-0.15, -0.1) is 0 Å². The molecule has 0 saturated carbocycles. The Balaban J connectivity index is 1.92. The van der Waals surface area contributed by atoms with Gasteiger partial charge in [-0.2, -0.15) is 0 Å². The summed E-state index contributed by atoms with van der Waals surface area (Å²) in [4.78, 5) is 11.8. The van der Waals surface area contributed by atoms with Gasteiger partial charge in [0.1, 0.15) is 5.82 Å². The number of para-hydroxylation sites is 2. The molecule has 0 aromatic heterocycles. The van der Waals surface area contributed by atoms with Gasteiger partial charge in [0.15, 0.2) is 0 Å². The molecule has 0 atom stereocenters. The molecule has 0 bridgehead atoms. The first kappa shape index (κ1) is 13.1. The Bertz CT molecular complexity index is 584. The molecule has 1 amide bonds. The Hall–Kier alpha value is -2.36. The number of hydrogen-bond acceptors (Lipinski definition) is 2. The summed E-state index contributed by atoms with van der Waals surface area (Å²) in [7, 11) is 0. The van der Waals surface area contributed by atoms with Crippen LogP contribution in [0.25, 0.3) is 0 Å². The molecule has 0 aliphatic carbocycles. The topological polar surface area (TPSA) is 41.1 Å². The molecule has 0 aliphatic rings. The van der Waals surface area contributed by atoms with Crippen LogP contribution in [0.2, 0.25) is 0 Å². The van der Waals surface area contributed by atoms with Gasteiger partial charge in [-0.3, -0.25) is 4.79 Å². The van der Waals surface area contributed by atoms with Crippen LogP contribution < -0.4 is 10.6 Å². The van der Waals surface area contributed by atoms with Crippen LogP contribution in [0.4, 0.5) is 15.8 Å². The molecule has 3 nitrogen and oxygen atoms in total. The second kappa shape index (κ2) is 6.00. The number of benzene rings is 2. The smallest absolute Gasteiger partial charge is 0.243 e. The molecule has 0 unspecified atom stereocenters. The Kier molecular flexibility index (Phi) is 4.13. The van der Waals surface area contributed by atoms with Crippen LogP contribution in [-0.4, -0.2) is 12.5 Å². The summed E-state index contributed by atoms with van der Waals surface area (Å²) in [5.74, 6) is -0.580. The molecule has 19 heavy (non-hydrogen) atoms. The van der Waals surface area contributed by atoms with Crippen LogP contribution in [0.15, 0.2) is 48.5 Å². The van der Waals surface area contributed by atoms with Crippen LogP contribution in [0.5, 0.6) is 0 Å². The molecule has 0 aliphatic heterocycles. The van der Waals surface area contributed by atoms with Crippen molar-refractivity contribution in [3.63, 3.8) is 0 Å². The van der Waals surface area contributed by atoms with Crippen molar-refractivity contribution in [2.45, 2.75) is 6.92 Å². The average molecular weight is 258 g/mol. The molecule has 0 radical (unpaired) electrons. The lowest BCUT2D eigenvalue weighted by Gasteiger charge is -2.10. The molecular formula is C15H15FN2O. The summed E-state index contributed by atoms with van der Waals surface area (Å²) < 4.78 is 13.3. The minimum absolute atomic E-state index is 0.0231. The van der Waals surface area contributed by atoms with E-state index in [0.29, 0.717) is 5.69 Å². The van der Waals surface area contributed by atoms with Crippen LogP contribution in [0.1, 0.15) is 5.56 Å². The van der Waals surface area contributed by atoms with Gasteiger partial charge in [0.25, 0.3) is 0 Å². The minimum Gasteiger partial charge on any atom is -0.374 e. The lowest BCUT2D eigenvalue weighted by atomic mass is 10.2. The van der Waals surface area contributed by atoms with E-state index < -0.39 is 0 Å². The van der Waals surface area contributed by atoms with Gasteiger partial charge in [-0.1, -0.05) is 30.3 Å². The van der Waals surface area contributed by atoms with Crippen LogP contribution in [0, 0.1) is 12.7 Å². The van der Waals surface area contributed by atoms with Crippen molar-refractivity contribution in [3.05, 3.63) is 59.9 Å². The molecule has 2 aromatic carbocycles. The van der Waals surface area contributed by atoms with E-state index in [9.17, 15) is 9.18 Å². The number of nitrogens with one attached hydrogen (secondary N) is 2. The fraction of sp³-hybridized carbons (Fsp3) is 0.133. The van der Waals surface area contributed by atoms with Gasteiger partial charge in [0.05, 0.1) is 12.2 Å². The van der Waals surface area contributed by atoms with Crippen molar-refractivity contribution in [2.24, 2.45) is 0 Å². The van der Waals surface area contributed by atoms with Crippen molar-refractivity contribution < 1.29 is 9.18 Å². The third-order valence-corrected chi connectivity index (χ3v) is 2.73. The largest absolute Gasteiger partial charge is 0.374 e. The highest BCUT2D eigenvalue weighted by molar-refractivity contribution is 5.94. The quantitative estimate of drug-likeness (QED) is 0.884. The highest BCUT2D eigenvalue weighted by atomic mass is 19.1. The average Bonchev–Trinajstić information content (AvgIpc) is 2.40. The zero-order valence-corrected chi connectivity index (χ0v) is 10.6. The summed E-state index contributed by atoms with van der Waals surface area (Å²) in [6.45, 7) is 1.94. The van der Waals surface area contributed by atoms with Crippen molar-refractivity contribution >= 4 is 17.3 Å². The maximum Gasteiger partial charge on any atom is 0.243 e. The first-order chi connectivity index (χ1) is 9.16. The van der Waals surface area contributed by atoms with E-state index in [2.05, 4.69) is 10.6 Å². The number of anilines is 2. The number of halogens is 1. The van der Waals surface area contributed by atoms with Crippen LogP contribution in [0.3, 0.4) is 0 Å². The number of hydrogen-bond donors (Lipinski definition) is 2. The van der Waals surface area contributed by atoms with E-state index in [1.54, 1.807) is 18.2 Å². The number of aryl methyl sites for hydroxylation is 1. The summed E-state index contributed by atoms with van der Waals surface area (Å²) in [5.41, 5.74) is 2.08. The van der Waals surface area contributed by atoms with Crippen molar-refractivity contribution in [3.8, 4) is 0 Å². The molecule has 2 aromatic rings. The third-order valence-electron chi connectivity index (χ3n) is 2.73. The number of carbonyl (C=O) groups excluding carboxylic acids is 1. The second-order valence-corrected chi connectivity index (χ2v) is 4.20. The predicted octanol–water partition coefficient (Wildman–Crippen LogP) is 3.18. The third kappa shape index (κ3) is 3.55. The lowest BCUT2D eigenvalue weighted by Crippen LogP contribution is -2.22. The molecule has 4 heteroatoms. The van der Waals surface area contributed by atoms with Crippen molar-refractivity contribution in [1.82, 2.24) is 0 Å². The van der Waals surface area contributed by atoms with Crippen LogP contribution in [-0.2, 0) is 4.79 Å². The van der Waals surface area contributed by atoms with E-state index in [-0.39, 0.29) is 18.3 Å². The Labute approximate surface area is 111 Å². The summed E-state index contributed by atoms with van der Waals surface area (Å²) >= 11 is 0. The SMILES string of the molecule is Cc1ccccc1NC(=O)CNc1ccccc1F. The fourth-order valence-corrected chi connectivity index (χ4v) is 1.69. The van der Waals surface area contributed by atoms with Crippen LogP contribution >= 0.6 is 0 Å². The molecule has 0 heterocycles. The lowest BCUT2D eigenvalue weighted by molar-refractivity contribution is -0.114. The zero-order chi connectivity index (χ0) is 13.7. The molecule has 2 N–H and O–H groups in total. The molecular weight excluding hydrogens is 243 g/mol. The second-order valence-electron chi connectivity index (χ2n) is 4.20. The Morgan fingerprint density at radius 2 is 1.68 bits per heavy atom.